The van der Waals surface area contributed by atoms with Crippen LogP contribution in [0.1, 0.15) is 18.1 Å². The summed E-state index contributed by atoms with van der Waals surface area (Å²) in [4.78, 5) is 0. The van der Waals surface area contributed by atoms with Crippen LogP contribution in [-0.4, -0.2) is 0 Å². The highest BCUT2D eigenvalue weighted by atomic mass is 16.5. The van der Waals surface area contributed by atoms with Crippen LogP contribution in [0, 0.1) is 29.6 Å². The monoisotopic (exact) mass is 274 g/mol. The number of rotatable bonds is 2. The Hall–Kier alpha value is -3.04. The van der Waals surface area contributed by atoms with E-state index >= 15 is 0 Å². The highest BCUT2D eigenvalue weighted by Gasteiger charge is 2.10. The van der Waals surface area contributed by atoms with E-state index in [1.54, 1.807) is 19.1 Å². The molecule has 0 aromatic heterocycles. The third kappa shape index (κ3) is 3.72. The average molecular weight is 274 g/mol. The zero-order valence-corrected chi connectivity index (χ0v) is 11.9. The van der Waals surface area contributed by atoms with Gasteiger partial charge in [-0.25, -0.2) is 0 Å². The van der Waals surface area contributed by atoms with E-state index in [2.05, 4.69) is 0 Å². The lowest BCUT2D eigenvalue weighted by atomic mass is 10.1. The molecule has 1 aliphatic heterocycles. The molecular weight excluding hydrogens is 260 g/mol. The Morgan fingerprint density at radius 1 is 1.00 bits per heavy atom. The van der Waals surface area contributed by atoms with Gasteiger partial charge in [-0.2, -0.15) is 10.5 Å². The number of allylic oxidation sites excluding steroid dienone is 6. The van der Waals surface area contributed by atoms with Crippen LogP contribution in [0.15, 0.2) is 65.2 Å². The van der Waals surface area contributed by atoms with Crippen molar-refractivity contribution in [2.24, 2.45) is 0 Å². The molecule has 1 aliphatic rings. The predicted octanol–water partition coefficient (Wildman–Crippen LogP) is 4.17. The molecule has 0 bridgehead atoms. The van der Waals surface area contributed by atoms with Gasteiger partial charge >= 0.3 is 0 Å². The van der Waals surface area contributed by atoms with Gasteiger partial charge in [0, 0.05) is 5.57 Å². The number of hydrogen-bond acceptors (Lipinski definition) is 3. The van der Waals surface area contributed by atoms with Gasteiger partial charge in [0.2, 0.25) is 0 Å². The van der Waals surface area contributed by atoms with Gasteiger partial charge in [-0.15, -0.1) is 0 Å². The summed E-state index contributed by atoms with van der Waals surface area (Å²) in [6.07, 6.45) is 7.14. The second-order valence-corrected chi connectivity index (χ2v) is 4.70. The lowest BCUT2D eigenvalue weighted by Gasteiger charge is -2.13. The molecule has 1 heterocycles. The summed E-state index contributed by atoms with van der Waals surface area (Å²) in [6, 6.07) is 11.9. The van der Waals surface area contributed by atoms with Gasteiger partial charge < -0.3 is 4.74 Å². The number of nitrogens with zero attached hydrogens (tertiary/aromatic N) is 2. The summed E-state index contributed by atoms with van der Waals surface area (Å²) in [6.45, 7) is 3.83. The lowest BCUT2D eigenvalue weighted by molar-refractivity contribution is 0.318. The first-order valence-corrected chi connectivity index (χ1v) is 6.49. The molecule has 0 amide bonds. The zero-order valence-electron chi connectivity index (χ0n) is 11.9. The van der Waals surface area contributed by atoms with Crippen molar-refractivity contribution >= 4 is 6.08 Å². The van der Waals surface area contributed by atoms with Crippen molar-refractivity contribution in [3.8, 4) is 12.1 Å². The Morgan fingerprint density at radius 2 is 1.67 bits per heavy atom. The fourth-order valence-corrected chi connectivity index (χ4v) is 1.90. The van der Waals surface area contributed by atoms with Crippen molar-refractivity contribution in [3.05, 3.63) is 76.3 Å². The minimum absolute atomic E-state index is 0.0823. The molecule has 0 fully saturated rings. The number of nitriles is 2. The third-order valence-electron chi connectivity index (χ3n) is 2.97. The molecule has 21 heavy (non-hydrogen) atoms. The van der Waals surface area contributed by atoms with Crippen molar-refractivity contribution in [2.45, 2.75) is 13.8 Å². The smallest absolute Gasteiger partial charge is 0.137 e. The summed E-state index contributed by atoms with van der Waals surface area (Å²) in [5.41, 5.74) is 2.92. The maximum absolute atomic E-state index is 8.94. The third-order valence-corrected chi connectivity index (χ3v) is 2.97. The molecule has 0 aliphatic carbocycles. The molecule has 0 radical (unpaired) electrons. The van der Waals surface area contributed by atoms with E-state index < -0.39 is 0 Å². The van der Waals surface area contributed by atoms with Crippen LogP contribution in [0.5, 0.6) is 0 Å². The van der Waals surface area contributed by atoms with E-state index in [0.29, 0.717) is 17.1 Å². The van der Waals surface area contributed by atoms with Crippen molar-refractivity contribution in [3.63, 3.8) is 0 Å². The first-order chi connectivity index (χ1) is 10.1. The van der Waals surface area contributed by atoms with E-state index in [1.165, 1.54) is 5.56 Å². The molecule has 1 aromatic carbocycles. The SMILES string of the molecule is CC1=CC(=C(C#N)C#N)C=C(/C=C/c2ccc(C)cc2)O1. The standard InChI is InChI=1S/C18H14N2O/c1-13-3-5-15(6-4-13)7-8-18-10-16(9-14(2)21-18)17(11-19)12-20/h3-10H,1-2H3/b8-7+. The summed E-state index contributed by atoms with van der Waals surface area (Å²) < 4.78 is 5.58. The van der Waals surface area contributed by atoms with Crippen molar-refractivity contribution in [1.29, 1.82) is 10.5 Å². The Balaban J connectivity index is 2.29. The van der Waals surface area contributed by atoms with Crippen LogP contribution in [0.2, 0.25) is 0 Å². The van der Waals surface area contributed by atoms with Crippen molar-refractivity contribution in [1.82, 2.24) is 0 Å². The van der Waals surface area contributed by atoms with Crippen LogP contribution in [0.3, 0.4) is 0 Å². The summed E-state index contributed by atoms with van der Waals surface area (Å²) in [7, 11) is 0. The Labute approximate surface area is 124 Å². The zero-order chi connectivity index (χ0) is 15.2. The fraction of sp³-hybridized carbons (Fsp3) is 0.111. The fourth-order valence-electron chi connectivity index (χ4n) is 1.90. The van der Waals surface area contributed by atoms with Gasteiger partial charge in [0.1, 0.15) is 29.2 Å². The van der Waals surface area contributed by atoms with E-state index in [-0.39, 0.29) is 5.57 Å². The summed E-state index contributed by atoms with van der Waals surface area (Å²) >= 11 is 0. The molecule has 3 nitrogen and oxygen atoms in total. The number of hydrogen-bond donors (Lipinski definition) is 0. The van der Waals surface area contributed by atoms with Crippen LogP contribution in [-0.2, 0) is 4.74 Å². The van der Waals surface area contributed by atoms with E-state index in [4.69, 9.17) is 15.3 Å². The Morgan fingerprint density at radius 3 is 2.29 bits per heavy atom. The molecule has 0 unspecified atom stereocenters. The topological polar surface area (TPSA) is 56.8 Å². The molecule has 2 rings (SSSR count). The second kappa shape index (κ2) is 6.41. The first-order valence-electron chi connectivity index (χ1n) is 6.49. The Bertz CT molecular complexity index is 732. The summed E-state index contributed by atoms with van der Waals surface area (Å²) in [5, 5.41) is 17.9. The molecule has 0 saturated heterocycles. The summed E-state index contributed by atoms with van der Waals surface area (Å²) in [5.74, 6) is 1.26. The quantitative estimate of drug-likeness (QED) is 0.760. The molecule has 3 heteroatoms. The number of ether oxygens (including phenoxy) is 1. The van der Waals surface area contributed by atoms with Gasteiger partial charge in [-0.1, -0.05) is 35.9 Å². The van der Waals surface area contributed by atoms with E-state index in [9.17, 15) is 0 Å². The van der Waals surface area contributed by atoms with Gasteiger partial charge in [0.25, 0.3) is 0 Å². The van der Waals surface area contributed by atoms with Gasteiger partial charge in [0.15, 0.2) is 0 Å². The first kappa shape index (κ1) is 14.4. The van der Waals surface area contributed by atoms with Gasteiger partial charge in [-0.3, -0.25) is 0 Å². The largest absolute Gasteiger partial charge is 0.462 e. The van der Waals surface area contributed by atoms with E-state index in [1.807, 2.05) is 55.5 Å². The van der Waals surface area contributed by atoms with Crippen LogP contribution in [0.25, 0.3) is 6.08 Å². The molecular formula is C18H14N2O. The molecule has 0 atom stereocenters. The molecule has 0 N–H and O–H groups in total. The predicted molar refractivity (Wildman–Crippen MR) is 81.4 cm³/mol. The average Bonchev–Trinajstić information content (AvgIpc) is 2.47. The normalized spacial score (nSPS) is 13.8. The van der Waals surface area contributed by atoms with Crippen molar-refractivity contribution < 1.29 is 4.74 Å². The van der Waals surface area contributed by atoms with Crippen LogP contribution >= 0.6 is 0 Å². The maximum Gasteiger partial charge on any atom is 0.137 e. The minimum atomic E-state index is 0.0823. The van der Waals surface area contributed by atoms with Gasteiger partial charge in [0.05, 0.1) is 0 Å². The van der Waals surface area contributed by atoms with E-state index in [0.717, 1.165) is 5.56 Å². The highest BCUT2D eigenvalue weighted by Crippen LogP contribution is 2.22. The second-order valence-electron chi connectivity index (χ2n) is 4.70. The highest BCUT2D eigenvalue weighted by molar-refractivity contribution is 5.57. The Kier molecular flexibility index (Phi) is 4.39. The lowest BCUT2D eigenvalue weighted by Crippen LogP contribution is -1.97. The molecule has 0 saturated carbocycles. The van der Waals surface area contributed by atoms with Gasteiger partial charge in [-0.05, 0) is 37.6 Å². The molecule has 0 spiro atoms. The minimum Gasteiger partial charge on any atom is -0.462 e. The van der Waals surface area contributed by atoms with Crippen molar-refractivity contribution in [2.75, 3.05) is 0 Å². The number of aryl methyl sites for hydroxylation is 1. The van der Waals surface area contributed by atoms with Crippen LogP contribution in [0.4, 0.5) is 0 Å². The molecule has 1 aromatic rings. The molecule has 102 valence electrons. The maximum atomic E-state index is 8.94. The number of benzene rings is 1. The van der Waals surface area contributed by atoms with Crippen LogP contribution < -0.4 is 0 Å².